The van der Waals surface area contributed by atoms with Crippen LogP contribution < -0.4 is 0 Å². The van der Waals surface area contributed by atoms with Gasteiger partial charge in [0.1, 0.15) is 5.52 Å². The van der Waals surface area contributed by atoms with Gasteiger partial charge >= 0.3 is 0 Å². The molecule has 1 amide bonds. The first-order valence-corrected chi connectivity index (χ1v) is 12.5. The number of hydrogen-bond donors (Lipinski definition) is 0. The van der Waals surface area contributed by atoms with E-state index in [1.807, 2.05) is 41.4 Å². The minimum Gasteiger partial charge on any atom is -0.338 e. The first-order chi connectivity index (χ1) is 16.2. The molecule has 4 aromatic rings. The molecule has 0 radical (unpaired) electrons. The largest absolute Gasteiger partial charge is 0.338 e. The highest BCUT2D eigenvalue weighted by atomic mass is 32.2. The van der Waals surface area contributed by atoms with Gasteiger partial charge in [-0.25, -0.2) is 9.97 Å². The number of thioether (sulfide) groups is 1. The standard InChI is InChI=1S/C27H28N4OS/c1-20-7-6-16-30(17-20)26(32)23-13-11-22(12-14-23)19-33-27-29-24-10-5-15-28-25(24)31(27)18-21-8-3-2-4-9-21/h2-5,8-15,20H,6-7,16-19H2,1H3/t20-/m1/s1. The fourth-order valence-corrected chi connectivity index (χ4v) is 5.36. The molecular formula is C27H28N4OS. The van der Waals surface area contributed by atoms with Crippen LogP contribution in [-0.4, -0.2) is 38.4 Å². The van der Waals surface area contributed by atoms with E-state index in [2.05, 4.69) is 52.9 Å². The number of fused-ring (bicyclic) bond motifs is 1. The topological polar surface area (TPSA) is 51.0 Å². The molecule has 33 heavy (non-hydrogen) atoms. The van der Waals surface area contributed by atoms with Crippen molar-refractivity contribution in [2.75, 3.05) is 13.1 Å². The summed E-state index contributed by atoms with van der Waals surface area (Å²) in [4.78, 5) is 24.3. The lowest BCUT2D eigenvalue weighted by Crippen LogP contribution is -2.39. The molecule has 5 nitrogen and oxygen atoms in total. The predicted molar refractivity (Wildman–Crippen MR) is 133 cm³/mol. The Morgan fingerprint density at radius 3 is 2.64 bits per heavy atom. The van der Waals surface area contributed by atoms with E-state index < -0.39 is 0 Å². The molecule has 168 valence electrons. The van der Waals surface area contributed by atoms with Crippen molar-refractivity contribution >= 4 is 28.8 Å². The number of benzene rings is 2. The van der Waals surface area contributed by atoms with Crippen molar-refractivity contribution in [3.05, 3.63) is 89.6 Å². The number of nitrogens with zero attached hydrogens (tertiary/aromatic N) is 4. The van der Waals surface area contributed by atoms with Gasteiger partial charge in [-0.15, -0.1) is 0 Å². The Morgan fingerprint density at radius 1 is 1.03 bits per heavy atom. The van der Waals surface area contributed by atoms with Crippen LogP contribution in [0.15, 0.2) is 78.1 Å². The number of piperidine rings is 1. The van der Waals surface area contributed by atoms with Crippen molar-refractivity contribution in [2.24, 2.45) is 5.92 Å². The molecule has 1 aliphatic heterocycles. The van der Waals surface area contributed by atoms with Gasteiger partial charge in [0.2, 0.25) is 0 Å². The number of rotatable bonds is 6. The minimum atomic E-state index is 0.150. The molecule has 1 saturated heterocycles. The quantitative estimate of drug-likeness (QED) is 0.352. The summed E-state index contributed by atoms with van der Waals surface area (Å²) in [5.41, 5.74) is 4.99. The lowest BCUT2D eigenvalue weighted by atomic mass is 9.99. The Labute approximate surface area is 198 Å². The van der Waals surface area contributed by atoms with Gasteiger partial charge in [0.15, 0.2) is 10.8 Å². The zero-order valence-electron chi connectivity index (χ0n) is 18.9. The monoisotopic (exact) mass is 456 g/mol. The van der Waals surface area contributed by atoms with Gasteiger partial charge in [-0.2, -0.15) is 0 Å². The molecule has 0 unspecified atom stereocenters. The summed E-state index contributed by atoms with van der Waals surface area (Å²) < 4.78 is 2.19. The number of carbonyl (C=O) groups excluding carboxylic acids is 1. The zero-order chi connectivity index (χ0) is 22.6. The van der Waals surface area contributed by atoms with Gasteiger partial charge in [-0.1, -0.05) is 61.2 Å². The molecule has 1 aliphatic rings. The van der Waals surface area contributed by atoms with Crippen LogP contribution in [0.5, 0.6) is 0 Å². The van der Waals surface area contributed by atoms with Crippen LogP contribution in [0, 0.1) is 5.92 Å². The number of amides is 1. The third kappa shape index (κ3) is 4.96. The average Bonchev–Trinajstić information content (AvgIpc) is 3.20. The normalized spacial score (nSPS) is 16.3. The number of hydrogen-bond acceptors (Lipinski definition) is 4. The van der Waals surface area contributed by atoms with Crippen LogP contribution in [0.25, 0.3) is 11.2 Å². The van der Waals surface area contributed by atoms with E-state index in [1.54, 1.807) is 11.8 Å². The molecule has 6 heteroatoms. The van der Waals surface area contributed by atoms with Gasteiger partial charge in [0, 0.05) is 30.6 Å². The zero-order valence-corrected chi connectivity index (χ0v) is 19.7. The highest BCUT2D eigenvalue weighted by Crippen LogP contribution is 2.27. The first kappa shape index (κ1) is 21.7. The molecule has 0 spiro atoms. The summed E-state index contributed by atoms with van der Waals surface area (Å²) >= 11 is 1.70. The van der Waals surface area contributed by atoms with E-state index in [0.717, 1.165) is 53.7 Å². The Morgan fingerprint density at radius 2 is 1.85 bits per heavy atom. The number of aromatic nitrogens is 3. The lowest BCUT2D eigenvalue weighted by Gasteiger charge is -2.31. The number of carbonyl (C=O) groups is 1. The first-order valence-electron chi connectivity index (χ1n) is 11.5. The van der Waals surface area contributed by atoms with Gasteiger partial charge in [0.05, 0.1) is 6.54 Å². The maximum absolute atomic E-state index is 12.9. The summed E-state index contributed by atoms with van der Waals surface area (Å²) in [6.07, 6.45) is 4.13. The third-order valence-corrected chi connectivity index (χ3v) is 7.21. The van der Waals surface area contributed by atoms with E-state index in [0.29, 0.717) is 5.92 Å². The smallest absolute Gasteiger partial charge is 0.253 e. The Bertz CT molecular complexity index is 1240. The van der Waals surface area contributed by atoms with Crippen LogP contribution in [-0.2, 0) is 12.3 Å². The van der Waals surface area contributed by atoms with E-state index >= 15 is 0 Å². The van der Waals surface area contributed by atoms with Crippen molar-refractivity contribution in [2.45, 2.75) is 37.2 Å². The van der Waals surface area contributed by atoms with Crippen molar-refractivity contribution in [1.29, 1.82) is 0 Å². The van der Waals surface area contributed by atoms with E-state index in [1.165, 1.54) is 17.5 Å². The molecule has 0 bridgehead atoms. The molecule has 0 aliphatic carbocycles. The van der Waals surface area contributed by atoms with Crippen molar-refractivity contribution in [3.63, 3.8) is 0 Å². The molecule has 1 atom stereocenters. The number of pyridine rings is 1. The number of likely N-dealkylation sites (tertiary alicyclic amines) is 1. The second-order valence-electron chi connectivity index (χ2n) is 8.80. The van der Waals surface area contributed by atoms with Crippen molar-refractivity contribution in [1.82, 2.24) is 19.4 Å². The second-order valence-corrected chi connectivity index (χ2v) is 9.74. The fraction of sp³-hybridized carbons (Fsp3) is 0.296. The Hall–Kier alpha value is -3.12. The second kappa shape index (κ2) is 9.79. The van der Waals surface area contributed by atoms with Crippen LogP contribution >= 0.6 is 11.8 Å². The fourth-order valence-electron chi connectivity index (χ4n) is 4.40. The summed E-state index contributed by atoms with van der Waals surface area (Å²) in [6.45, 7) is 4.69. The SMILES string of the molecule is C[C@@H]1CCCN(C(=O)c2ccc(CSc3nc4cccnc4n3Cc3ccccc3)cc2)C1. The highest BCUT2D eigenvalue weighted by Gasteiger charge is 2.22. The van der Waals surface area contributed by atoms with Crippen LogP contribution in [0.2, 0.25) is 0 Å². The van der Waals surface area contributed by atoms with E-state index in [9.17, 15) is 4.79 Å². The van der Waals surface area contributed by atoms with Crippen LogP contribution in [0.1, 0.15) is 41.3 Å². The molecule has 0 saturated carbocycles. The Kier molecular flexibility index (Phi) is 6.44. The molecular weight excluding hydrogens is 428 g/mol. The summed E-state index contributed by atoms with van der Waals surface area (Å²) in [5.74, 6) is 1.52. The molecule has 2 aromatic carbocycles. The molecule has 2 aromatic heterocycles. The van der Waals surface area contributed by atoms with Gasteiger partial charge in [-0.05, 0) is 54.2 Å². The summed E-state index contributed by atoms with van der Waals surface area (Å²) in [5, 5.41) is 0.954. The number of imidazole rings is 1. The van der Waals surface area contributed by atoms with Crippen LogP contribution in [0.3, 0.4) is 0 Å². The average molecular weight is 457 g/mol. The molecule has 5 rings (SSSR count). The molecule has 0 N–H and O–H groups in total. The summed E-state index contributed by atoms with van der Waals surface area (Å²) in [6, 6.07) is 22.4. The Balaban J connectivity index is 1.30. The predicted octanol–water partition coefficient (Wildman–Crippen LogP) is 5.64. The van der Waals surface area contributed by atoms with Gasteiger partial charge in [0.25, 0.3) is 5.91 Å². The maximum atomic E-state index is 12.9. The minimum absolute atomic E-state index is 0.150. The van der Waals surface area contributed by atoms with Crippen LogP contribution in [0.4, 0.5) is 0 Å². The van der Waals surface area contributed by atoms with Gasteiger partial charge < -0.3 is 4.90 Å². The highest BCUT2D eigenvalue weighted by molar-refractivity contribution is 7.98. The third-order valence-electron chi connectivity index (χ3n) is 6.17. The maximum Gasteiger partial charge on any atom is 0.253 e. The molecule has 3 heterocycles. The van der Waals surface area contributed by atoms with Gasteiger partial charge in [-0.3, -0.25) is 9.36 Å². The van der Waals surface area contributed by atoms with E-state index in [-0.39, 0.29) is 5.91 Å². The van der Waals surface area contributed by atoms with Crippen molar-refractivity contribution < 1.29 is 4.79 Å². The lowest BCUT2D eigenvalue weighted by molar-refractivity contribution is 0.0683. The van der Waals surface area contributed by atoms with E-state index in [4.69, 9.17) is 4.98 Å². The van der Waals surface area contributed by atoms with Crippen molar-refractivity contribution in [3.8, 4) is 0 Å². The molecule has 1 fully saturated rings. The summed E-state index contributed by atoms with van der Waals surface area (Å²) in [7, 11) is 0.